The van der Waals surface area contributed by atoms with Gasteiger partial charge in [-0.3, -0.25) is 0 Å². The molecule has 135 valence electrons. The molecule has 0 saturated heterocycles. The fourth-order valence-electron chi connectivity index (χ4n) is 1.44. The fourth-order valence-corrected chi connectivity index (χ4v) is 1.44. The summed E-state index contributed by atoms with van der Waals surface area (Å²) in [6.45, 7) is 0. The van der Waals surface area contributed by atoms with E-state index >= 15 is 0 Å². The SMILES string of the molecule is O=C(O)c1cc(O)c([O-])c(O)c1.O=C(O)c1cc(O)c([O-])c(O)c1.[H-].[H-].[La].[Mg+2].[Sr+2]. The third kappa shape index (κ3) is 9.11. The molecule has 2 aromatic carbocycles. The van der Waals surface area contributed by atoms with E-state index in [4.69, 9.17) is 30.6 Å². The number of carboxylic acids is 2. The van der Waals surface area contributed by atoms with Crippen LogP contribution in [0.1, 0.15) is 23.6 Å². The molecule has 0 saturated carbocycles. The van der Waals surface area contributed by atoms with E-state index in [1.807, 2.05) is 0 Å². The summed E-state index contributed by atoms with van der Waals surface area (Å²) in [5.74, 6) is -7.67. The average molecular weight is 591 g/mol. The van der Waals surface area contributed by atoms with E-state index in [1.165, 1.54) is 0 Å². The van der Waals surface area contributed by atoms with E-state index in [0.29, 0.717) is 0 Å². The van der Waals surface area contributed by atoms with Crippen molar-refractivity contribution >= 4 is 80.5 Å². The molecule has 10 nitrogen and oxygen atoms in total. The Kier molecular flexibility index (Phi) is 15.9. The van der Waals surface area contributed by atoms with E-state index in [2.05, 4.69) is 0 Å². The molecular weight excluding hydrogens is 579 g/mol. The zero-order valence-corrected chi connectivity index (χ0v) is 22.1. The first kappa shape index (κ1) is 31.3. The molecule has 0 aliphatic heterocycles. The number of carboxylic acid groups (broad SMARTS) is 2. The summed E-state index contributed by atoms with van der Waals surface area (Å²) in [6, 6.07) is 3.13. The monoisotopic (exact) mass is 591 g/mol. The maximum Gasteiger partial charge on any atom is 2.00 e. The molecule has 0 atom stereocenters. The largest absolute Gasteiger partial charge is 2.00 e. The zero-order chi connectivity index (χ0) is 18.6. The predicted octanol–water partition coefficient (Wildman–Crippen LogP) is -0.797. The van der Waals surface area contributed by atoms with Crippen LogP contribution in [-0.2, 0) is 0 Å². The van der Waals surface area contributed by atoms with Gasteiger partial charge >= 0.3 is 80.5 Å². The first-order valence-electron chi connectivity index (χ1n) is 5.97. The van der Waals surface area contributed by atoms with Gasteiger partial charge in [-0.05, 0) is 35.8 Å². The number of aromatic carboxylic acids is 2. The summed E-state index contributed by atoms with van der Waals surface area (Å²) >= 11 is 0. The van der Waals surface area contributed by atoms with Crippen LogP contribution in [0.25, 0.3) is 0 Å². The summed E-state index contributed by atoms with van der Waals surface area (Å²) in [5.41, 5.74) is -0.658. The van der Waals surface area contributed by atoms with Gasteiger partial charge in [-0.2, -0.15) is 0 Å². The standard InChI is InChI=1S/2C7H6O5.La.Mg.Sr.2H/c2*8-4-1-3(7(11)12)2-5(9)6(4)10;;;;;/h2*1-2,8-10H,(H,11,12);;;;;/q;;;2*+2;2*-1/p-2. The minimum atomic E-state index is -1.32. The van der Waals surface area contributed by atoms with Crippen LogP contribution in [0.5, 0.6) is 34.5 Å². The minimum Gasteiger partial charge on any atom is -1.00 e. The van der Waals surface area contributed by atoms with Crippen LogP contribution >= 0.6 is 0 Å². The first-order chi connectivity index (χ1) is 11.0. The van der Waals surface area contributed by atoms with Gasteiger partial charge < -0.3 is 43.7 Å². The van der Waals surface area contributed by atoms with Gasteiger partial charge in [0, 0.05) is 35.6 Å². The fraction of sp³-hybridized carbons (Fsp3) is 0. The Bertz CT molecular complexity index is 711. The van der Waals surface area contributed by atoms with Gasteiger partial charge in [0.15, 0.2) is 0 Å². The van der Waals surface area contributed by atoms with Gasteiger partial charge in [-0.15, -0.1) is 0 Å². The maximum absolute atomic E-state index is 10.7. The third-order valence-electron chi connectivity index (χ3n) is 2.59. The number of hydrogen-bond acceptors (Lipinski definition) is 8. The number of rotatable bonds is 2. The topological polar surface area (TPSA) is 202 Å². The van der Waals surface area contributed by atoms with Crippen molar-refractivity contribution in [3.05, 3.63) is 35.4 Å². The molecule has 0 bridgehead atoms. The molecule has 0 fully saturated rings. The Hall–Kier alpha value is -0.378. The van der Waals surface area contributed by atoms with Crippen LogP contribution in [0.2, 0.25) is 0 Å². The molecular formula is C14H12LaMgO10Sr. The van der Waals surface area contributed by atoms with Gasteiger partial charge in [-0.1, -0.05) is 0 Å². The molecule has 0 unspecified atom stereocenters. The number of carbonyl (C=O) groups is 2. The van der Waals surface area contributed by atoms with Crippen molar-refractivity contribution in [2.24, 2.45) is 0 Å². The van der Waals surface area contributed by atoms with Crippen LogP contribution in [0.3, 0.4) is 0 Å². The van der Waals surface area contributed by atoms with Crippen molar-refractivity contribution in [1.82, 2.24) is 0 Å². The minimum absolute atomic E-state index is 0. The van der Waals surface area contributed by atoms with Gasteiger partial charge in [0.25, 0.3) is 0 Å². The molecule has 6 N–H and O–H groups in total. The number of phenols is 4. The summed E-state index contributed by atoms with van der Waals surface area (Å²) in [5, 5.41) is 73.3. The van der Waals surface area contributed by atoms with Crippen LogP contribution < -0.4 is 10.2 Å². The van der Waals surface area contributed by atoms with Crippen molar-refractivity contribution in [2.75, 3.05) is 0 Å². The smallest absolute Gasteiger partial charge is 1.00 e. The molecule has 13 heteroatoms. The van der Waals surface area contributed by atoms with Crippen molar-refractivity contribution in [3.63, 3.8) is 0 Å². The number of benzene rings is 2. The van der Waals surface area contributed by atoms with Crippen LogP contribution in [0, 0.1) is 35.6 Å². The van der Waals surface area contributed by atoms with Gasteiger partial charge in [0.05, 0.1) is 11.1 Å². The summed E-state index contributed by atoms with van der Waals surface area (Å²) in [7, 11) is 0. The molecule has 0 aliphatic carbocycles. The molecule has 0 aromatic heterocycles. The molecule has 1 radical (unpaired) electrons. The Morgan fingerprint density at radius 3 is 1.04 bits per heavy atom. The molecule has 0 heterocycles. The van der Waals surface area contributed by atoms with Gasteiger partial charge in [0.2, 0.25) is 0 Å². The second kappa shape index (κ2) is 13.7. The zero-order valence-electron chi connectivity index (χ0n) is 15.6. The number of hydrogen-bond donors (Lipinski definition) is 6. The van der Waals surface area contributed by atoms with Crippen molar-refractivity contribution in [1.29, 1.82) is 0 Å². The average Bonchev–Trinajstić information content (AvgIpc) is 2.49. The van der Waals surface area contributed by atoms with Gasteiger partial charge in [-0.25, -0.2) is 9.59 Å². The Labute approximate surface area is 236 Å². The quantitative estimate of drug-likeness (QED) is 0.240. The summed E-state index contributed by atoms with van der Waals surface area (Å²) in [6.07, 6.45) is 0. The van der Waals surface area contributed by atoms with Gasteiger partial charge in [0.1, 0.15) is 23.0 Å². The predicted molar refractivity (Wildman–Crippen MR) is 86.1 cm³/mol. The van der Waals surface area contributed by atoms with E-state index in [-0.39, 0.29) is 118 Å². The Morgan fingerprint density at radius 2 is 0.889 bits per heavy atom. The molecule has 2 rings (SSSR count). The maximum atomic E-state index is 10.7. The van der Waals surface area contributed by atoms with E-state index < -0.39 is 46.4 Å². The molecule has 27 heavy (non-hydrogen) atoms. The van der Waals surface area contributed by atoms with Crippen molar-refractivity contribution in [3.8, 4) is 34.5 Å². The van der Waals surface area contributed by atoms with Crippen molar-refractivity contribution in [2.45, 2.75) is 0 Å². The van der Waals surface area contributed by atoms with Crippen LogP contribution in [-0.4, -0.2) is 111 Å². The van der Waals surface area contributed by atoms with E-state index in [1.54, 1.807) is 0 Å². The summed E-state index contributed by atoms with van der Waals surface area (Å²) < 4.78 is 0. The van der Waals surface area contributed by atoms with Crippen molar-refractivity contribution < 1.29 is 88.9 Å². The Morgan fingerprint density at radius 1 is 0.704 bits per heavy atom. The van der Waals surface area contributed by atoms with E-state index in [0.717, 1.165) is 24.3 Å². The van der Waals surface area contributed by atoms with Crippen LogP contribution in [0.15, 0.2) is 24.3 Å². The molecule has 0 amide bonds. The molecule has 0 spiro atoms. The van der Waals surface area contributed by atoms with E-state index in [9.17, 15) is 19.8 Å². The molecule has 2 aromatic rings. The van der Waals surface area contributed by atoms with Crippen LogP contribution in [0.4, 0.5) is 0 Å². The number of aromatic hydroxyl groups is 4. The number of phenolic OH excluding ortho intramolecular Hbond substituents is 4. The second-order valence-electron chi connectivity index (χ2n) is 4.30. The normalized spacial score (nSPS) is 8.59. The first-order valence-corrected chi connectivity index (χ1v) is 5.97. The second-order valence-corrected chi connectivity index (χ2v) is 4.30. The third-order valence-corrected chi connectivity index (χ3v) is 2.59. The molecule has 0 aliphatic rings. The Balaban J connectivity index is -0.000000113. The summed E-state index contributed by atoms with van der Waals surface area (Å²) in [4.78, 5) is 20.6.